The first-order chi connectivity index (χ1) is 16.8. The van der Waals surface area contributed by atoms with Crippen molar-refractivity contribution < 1.29 is 4.79 Å². The highest BCUT2D eigenvalue weighted by molar-refractivity contribution is 5.97. The molecule has 172 valence electrons. The molecular formula is C29H30N4O. The third kappa shape index (κ3) is 5.92. The number of rotatable bonds is 8. The third-order valence-electron chi connectivity index (χ3n) is 6.20. The predicted octanol–water partition coefficient (Wildman–Crippen LogP) is 4.16. The van der Waals surface area contributed by atoms with Crippen molar-refractivity contribution in [2.45, 2.75) is 12.5 Å². The van der Waals surface area contributed by atoms with Gasteiger partial charge in [0.25, 0.3) is 5.91 Å². The highest BCUT2D eigenvalue weighted by Gasteiger charge is 2.29. The van der Waals surface area contributed by atoms with E-state index in [0.29, 0.717) is 19.6 Å². The Morgan fingerprint density at radius 3 is 1.91 bits per heavy atom. The lowest BCUT2D eigenvalue weighted by atomic mass is 9.96. The summed E-state index contributed by atoms with van der Waals surface area (Å²) in [5.41, 5.74) is 3.86. The zero-order chi connectivity index (χ0) is 23.6. The zero-order valence-corrected chi connectivity index (χ0v) is 19.3. The lowest BCUT2D eigenvalue weighted by Gasteiger charge is -2.39. The van der Waals surface area contributed by atoms with Gasteiger partial charge in [-0.15, -0.1) is 0 Å². The predicted molar refractivity (Wildman–Crippen MR) is 135 cm³/mol. The minimum atomic E-state index is -0.203. The van der Waals surface area contributed by atoms with E-state index in [-0.39, 0.29) is 17.5 Å². The number of hydrogen-bond acceptors (Lipinski definition) is 4. The summed E-state index contributed by atoms with van der Waals surface area (Å²) in [6, 6.07) is 33.4. The second kappa shape index (κ2) is 11.8. The van der Waals surface area contributed by atoms with Crippen LogP contribution in [-0.4, -0.2) is 48.4 Å². The number of carbonyl (C=O) groups excluding carboxylic acids is 1. The maximum absolute atomic E-state index is 13.0. The van der Waals surface area contributed by atoms with E-state index in [0.717, 1.165) is 19.5 Å². The maximum Gasteiger partial charge on any atom is 0.266 e. The first kappa shape index (κ1) is 23.3. The van der Waals surface area contributed by atoms with E-state index in [1.807, 2.05) is 30.3 Å². The van der Waals surface area contributed by atoms with Gasteiger partial charge in [0.05, 0.1) is 6.04 Å². The van der Waals surface area contributed by atoms with Crippen molar-refractivity contribution in [3.8, 4) is 6.07 Å². The average Bonchev–Trinajstić information content (AvgIpc) is 2.91. The van der Waals surface area contributed by atoms with Crippen LogP contribution in [0.15, 0.2) is 103 Å². The molecule has 1 heterocycles. The van der Waals surface area contributed by atoms with Gasteiger partial charge in [0, 0.05) is 38.9 Å². The van der Waals surface area contributed by atoms with Gasteiger partial charge in [-0.1, -0.05) is 91.0 Å². The molecule has 1 amide bonds. The van der Waals surface area contributed by atoms with Crippen LogP contribution in [0.2, 0.25) is 0 Å². The highest BCUT2D eigenvalue weighted by atomic mass is 16.2. The molecule has 5 heteroatoms. The van der Waals surface area contributed by atoms with Gasteiger partial charge < -0.3 is 10.2 Å². The second-order valence-corrected chi connectivity index (χ2v) is 8.41. The maximum atomic E-state index is 13.0. The smallest absolute Gasteiger partial charge is 0.266 e. The Morgan fingerprint density at radius 2 is 1.38 bits per heavy atom. The van der Waals surface area contributed by atoms with Crippen molar-refractivity contribution in [3.63, 3.8) is 0 Å². The molecule has 1 aliphatic heterocycles. The summed E-state index contributed by atoms with van der Waals surface area (Å²) in [6.07, 6.45) is 2.40. The number of carbonyl (C=O) groups is 1. The molecule has 1 N–H and O–H groups in total. The molecule has 0 aromatic heterocycles. The van der Waals surface area contributed by atoms with Crippen LogP contribution in [0.3, 0.4) is 0 Å². The number of benzene rings is 3. The Labute approximate surface area is 201 Å². The van der Waals surface area contributed by atoms with E-state index < -0.39 is 0 Å². The van der Waals surface area contributed by atoms with Crippen LogP contribution in [-0.2, 0) is 11.2 Å². The quantitative estimate of drug-likeness (QED) is 0.318. The van der Waals surface area contributed by atoms with E-state index in [2.05, 4.69) is 76.9 Å². The summed E-state index contributed by atoms with van der Waals surface area (Å²) in [7, 11) is 0. The molecule has 0 aliphatic carbocycles. The number of nitrogens with one attached hydrogen (secondary N) is 1. The summed E-state index contributed by atoms with van der Waals surface area (Å²) in [6.45, 7) is 3.36. The molecule has 0 spiro atoms. The summed E-state index contributed by atoms with van der Waals surface area (Å²) in [4.78, 5) is 17.2. The van der Waals surface area contributed by atoms with Crippen molar-refractivity contribution >= 4 is 5.91 Å². The Morgan fingerprint density at radius 1 is 0.853 bits per heavy atom. The topological polar surface area (TPSA) is 59.4 Å². The summed E-state index contributed by atoms with van der Waals surface area (Å²) in [5.74, 6) is -0.203. The van der Waals surface area contributed by atoms with Gasteiger partial charge in [0.2, 0.25) is 0 Å². The lowest BCUT2D eigenvalue weighted by Crippen LogP contribution is -2.50. The van der Waals surface area contributed by atoms with Crippen LogP contribution in [0.25, 0.3) is 0 Å². The first-order valence-electron chi connectivity index (χ1n) is 11.8. The Kier molecular flexibility index (Phi) is 8.10. The van der Waals surface area contributed by atoms with E-state index >= 15 is 0 Å². The molecule has 34 heavy (non-hydrogen) atoms. The van der Waals surface area contributed by atoms with Crippen LogP contribution in [0, 0.1) is 11.3 Å². The lowest BCUT2D eigenvalue weighted by molar-refractivity contribution is -0.128. The summed E-state index contributed by atoms with van der Waals surface area (Å²) in [5, 5.41) is 12.7. The SMILES string of the molecule is N#C/C(=C/NCCc1ccccc1)C(=O)N1CCN(C(c2ccccc2)c2ccccc2)CC1. The number of piperazine rings is 1. The monoisotopic (exact) mass is 450 g/mol. The molecule has 5 nitrogen and oxygen atoms in total. The molecule has 1 fully saturated rings. The van der Waals surface area contributed by atoms with Gasteiger partial charge in [-0.05, 0) is 23.1 Å². The average molecular weight is 451 g/mol. The van der Waals surface area contributed by atoms with Crippen molar-refractivity contribution in [1.82, 2.24) is 15.1 Å². The van der Waals surface area contributed by atoms with Crippen molar-refractivity contribution in [2.24, 2.45) is 0 Å². The fourth-order valence-corrected chi connectivity index (χ4v) is 4.42. The highest BCUT2D eigenvalue weighted by Crippen LogP contribution is 2.29. The molecule has 3 aromatic rings. The van der Waals surface area contributed by atoms with E-state index in [1.54, 1.807) is 11.1 Å². The van der Waals surface area contributed by atoms with Gasteiger partial charge in [-0.25, -0.2) is 0 Å². The first-order valence-corrected chi connectivity index (χ1v) is 11.8. The van der Waals surface area contributed by atoms with Gasteiger partial charge in [0.1, 0.15) is 11.6 Å². The van der Waals surface area contributed by atoms with Gasteiger partial charge in [0.15, 0.2) is 0 Å². The standard InChI is InChI=1S/C29H30N4O/c30-22-27(23-31-17-16-24-10-4-1-5-11-24)29(34)33-20-18-32(19-21-33)28(25-12-6-2-7-13-25)26-14-8-3-9-15-26/h1-15,23,28,31H,16-21H2/b27-23-. The normalized spacial score (nSPS) is 14.6. The molecular weight excluding hydrogens is 420 g/mol. The molecule has 0 unspecified atom stereocenters. The Hall–Kier alpha value is -3.88. The largest absolute Gasteiger partial charge is 0.389 e. The Balaban J connectivity index is 1.36. The van der Waals surface area contributed by atoms with E-state index in [4.69, 9.17) is 0 Å². The molecule has 0 radical (unpaired) electrons. The van der Waals surface area contributed by atoms with Crippen molar-refractivity contribution in [2.75, 3.05) is 32.7 Å². The number of amides is 1. The zero-order valence-electron chi connectivity index (χ0n) is 19.3. The number of nitrogens with zero attached hydrogens (tertiary/aromatic N) is 3. The minimum Gasteiger partial charge on any atom is -0.389 e. The summed E-state index contributed by atoms with van der Waals surface area (Å²) >= 11 is 0. The third-order valence-corrected chi connectivity index (χ3v) is 6.20. The van der Waals surface area contributed by atoms with Crippen LogP contribution in [0.1, 0.15) is 22.7 Å². The molecule has 1 saturated heterocycles. The number of nitriles is 1. The molecule has 4 rings (SSSR count). The van der Waals surface area contributed by atoms with Crippen LogP contribution in [0.4, 0.5) is 0 Å². The molecule has 1 aliphatic rings. The van der Waals surface area contributed by atoms with Crippen LogP contribution < -0.4 is 5.32 Å². The van der Waals surface area contributed by atoms with Gasteiger partial charge >= 0.3 is 0 Å². The molecule has 0 bridgehead atoms. The van der Waals surface area contributed by atoms with Crippen LogP contribution >= 0.6 is 0 Å². The molecule has 0 saturated carbocycles. The van der Waals surface area contributed by atoms with Gasteiger partial charge in [-0.3, -0.25) is 9.69 Å². The number of hydrogen-bond donors (Lipinski definition) is 1. The minimum absolute atomic E-state index is 0.144. The summed E-state index contributed by atoms with van der Waals surface area (Å²) < 4.78 is 0. The van der Waals surface area contributed by atoms with Crippen LogP contribution in [0.5, 0.6) is 0 Å². The Bertz CT molecular complexity index is 1080. The molecule has 0 atom stereocenters. The molecule has 3 aromatic carbocycles. The van der Waals surface area contributed by atoms with E-state index in [9.17, 15) is 10.1 Å². The van der Waals surface area contributed by atoms with Gasteiger partial charge in [-0.2, -0.15) is 5.26 Å². The fourth-order valence-electron chi connectivity index (χ4n) is 4.42. The van der Waals surface area contributed by atoms with E-state index in [1.165, 1.54) is 16.7 Å². The van der Waals surface area contributed by atoms with Crippen molar-refractivity contribution in [3.05, 3.63) is 119 Å². The van der Waals surface area contributed by atoms with Crippen molar-refractivity contribution in [1.29, 1.82) is 5.26 Å². The second-order valence-electron chi connectivity index (χ2n) is 8.41. The fraction of sp³-hybridized carbons (Fsp3) is 0.241.